The molecule has 0 aliphatic carbocycles. The largest absolute Gasteiger partial charge is 0.492 e. The van der Waals surface area contributed by atoms with Crippen LogP contribution >= 0.6 is 15.9 Å². The topological polar surface area (TPSA) is 55.6 Å². The molecule has 140 valence electrons. The van der Waals surface area contributed by atoms with Gasteiger partial charge in [-0.1, -0.05) is 46.3 Å². The second-order valence-corrected chi connectivity index (χ2v) is 8.14. The highest BCUT2D eigenvalue weighted by Gasteiger charge is 2.43. The molecule has 5 heteroatoms. The number of carbonyl (C=O) groups excluding carboxylic acids is 1. The maximum atomic E-state index is 12.6. The van der Waals surface area contributed by atoms with Gasteiger partial charge in [0, 0.05) is 41.2 Å². The Labute approximate surface area is 168 Å². The molecule has 2 aromatic carbocycles. The van der Waals surface area contributed by atoms with Crippen LogP contribution in [0.5, 0.6) is 5.75 Å². The summed E-state index contributed by atoms with van der Waals surface area (Å²) in [6, 6.07) is 14.1. The van der Waals surface area contributed by atoms with Crippen LogP contribution < -0.4 is 10.5 Å². The van der Waals surface area contributed by atoms with Gasteiger partial charge in [-0.2, -0.15) is 0 Å². The van der Waals surface area contributed by atoms with E-state index in [0.29, 0.717) is 13.2 Å². The van der Waals surface area contributed by atoms with Crippen molar-refractivity contribution in [3.05, 3.63) is 69.7 Å². The van der Waals surface area contributed by atoms with Crippen molar-refractivity contribution in [3.8, 4) is 5.75 Å². The van der Waals surface area contributed by atoms with E-state index in [1.807, 2.05) is 47.4 Å². The first-order chi connectivity index (χ1) is 13.1. The summed E-state index contributed by atoms with van der Waals surface area (Å²) in [4.78, 5) is 14.5. The van der Waals surface area contributed by atoms with Crippen LogP contribution in [0.2, 0.25) is 0 Å². The number of hydrogen-bond acceptors (Lipinski definition) is 3. The number of carbonyl (C=O) groups is 1. The summed E-state index contributed by atoms with van der Waals surface area (Å²) < 4.78 is 6.93. The van der Waals surface area contributed by atoms with Crippen LogP contribution in [0.4, 0.5) is 0 Å². The van der Waals surface area contributed by atoms with E-state index >= 15 is 0 Å². The minimum absolute atomic E-state index is 0.0173. The summed E-state index contributed by atoms with van der Waals surface area (Å²) in [5.74, 6) is 1.04. The average Bonchev–Trinajstić information content (AvgIpc) is 3.05. The number of piperidine rings is 1. The number of likely N-dealkylation sites (tertiary alicyclic amines) is 1. The highest BCUT2D eigenvalue weighted by Crippen LogP contribution is 2.45. The quantitative estimate of drug-likeness (QED) is 0.757. The van der Waals surface area contributed by atoms with Crippen LogP contribution in [0.1, 0.15) is 29.5 Å². The minimum Gasteiger partial charge on any atom is -0.492 e. The van der Waals surface area contributed by atoms with Crippen molar-refractivity contribution in [2.75, 3.05) is 19.7 Å². The summed E-state index contributed by atoms with van der Waals surface area (Å²) in [5.41, 5.74) is 9.23. The maximum absolute atomic E-state index is 12.6. The molecule has 0 saturated carbocycles. The summed E-state index contributed by atoms with van der Waals surface area (Å²) in [6.07, 6.45) is 5.38. The van der Waals surface area contributed by atoms with E-state index in [1.165, 1.54) is 5.56 Å². The lowest BCUT2D eigenvalue weighted by molar-refractivity contribution is -0.127. The predicted molar refractivity (Wildman–Crippen MR) is 110 cm³/mol. The molecule has 1 spiro atoms. The minimum atomic E-state index is 0.0173. The van der Waals surface area contributed by atoms with Gasteiger partial charge < -0.3 is 15.4 Å². The van der Waals surface area contributed by atoms with E-state index in [9.17, 15) is 4.79 Å². The third-order valence-corrected chi connectivity index (χ3v) is 6.42. The molecule has 2 aromatic rings. The number of fused-ring (bicyclic) bond motifs is 2. The van der Waals surface area contributed by atoms with Gasteiger partial charge in [-0.25, -0.2) is 0 Å². The second-order valence-electron chi connectivity index (χ2n) is 7.28. The second kappa shape index (κ2) is 7.49. The number of hydrogen-bond donors (Lipinski definition) is 1. The monoisotopic (exact) mass is 426 g/mol. The third-order valence-electron chi connectivity index (χ3n) is 5.70. The molecule has 2 N–H and O–H groups in total. The molecular weight excluding hydrogens is 404 g/mol. The Hall–Kier alpha value is -2.11. The summed E-state index contributed by atoms with van der Waals surface area (Å²) in [7, 11) is 0. The van der Waals surface area contributed by atoms with E-state index in [-0.39, 0.29) is 11.3 Å². The molecule has 4 nitrogen and oxygen atoms in total. The normalized spacial score (nSPS) is 17.9. The highest BCUT2D eigenvalue weighted by molar-refractivity contribution is 9.10. The Bertz CT molecular complexity index is 886. The van der Waals surface area contributed by atoms with Gasteiger partial charge in [0.1, 0.15) is 5.75 Å². The van der Waals surface area contributed by atoms with Crippen LogP contribution in [-0.2, 0) is 16.8 Å². The van der Waals surface area contributed by atoms with Gasteiger partial charge in [-0.05, 0) is 42.2 Å². The van der Waals surface area contributed by atoms with Crippen LogP contribution in [0.25, 0.3) is 6.08 Å². The first-order valence-electron chi connectivity index (χ1n) is 9.29. The molecule has 2 heterocycles. The summed E-state index contributed by atoms with van der Waals surface area (Å²) in [6.45, 7) is 2.72. The number of nitrogens with zero attached hydrogens (tertiary/aromatic N) is 1. The Morgan fingerprint density at radius 2 is 2.00 bits per heavy atom. The Kier molecular flexibility index (Phi) is 5.06. The summed E-state index contributed by atoms with van der Waals surface area (Å²) >= 11 is 3.51. The van der Waals surface area contributed by atoms with Gasteiger partial charge in [-0.3, -0.25) is 4.79 Å². The van der Waals surface area contributed by atoms with E-state index < -0.39 is 0 Å². The number of benzene rings is 2. The zero-order chi connectivity index (χ0) is 18.9. The fourth-order valence-corrected chi connectivity index (χ4v) is 4.40. The molecule has 0 unspecified atom stereocenters. The Morgan fingerprint density at radius 1 is 1.22 bits per heavy atom. The van der Waals surface area contributed by atoms with Gasteiger partial charge in [-0.15, -0.1) is 0 Å². The number of amides is 1. The van der Waals surface area contributed by atoms with E-state index in [0.717, 1.165) is 47.3 Å². The number of ether oxygens (including phenoxy) is 1. The van der Waals surface area contributed by atoms with E-state index in [1.54, 1.807) is 6.08 Å². The third kappa shape index (κ3) is 3.54. The molecule has 1 amide bonds. The average molecular weight is 427 g/mol. The SMILES string of the molecule is NCc1ccc2c(c1)C1(CCN(C(=O)/C=C/c3ccccc3Br)CC1)CO2. The molecule has 4 rings (SSSR count). The first kappa shape index (κ1) is 18.3. The molecule has 0 radical (unpaired) electrons. The van der Waals surface area contributed by atoms with Gasteiger partial charge in [0.25, 0.3) is 0 Å². The van der Waals surface area contributed by atoms with Crippen LogP contribution in [0.15, 0.2) is 53.0 Å². The molecule has 1 fully saturated rings. The van der Waals surface area contributed by atoms with Crippen molar-refractivity contribution in [2.24, 2.45) is 5.73 Å². The highest BCUT2D eigenvalue weighted by atomic mass is 79.9. The van der Waals surface area contributed by atoms with Crippen molar-refractivity contribution in [1.82, 2.24) is 4.90 Å². The van der Waals surface area contributed by atoms with E-state index in [2.05, 4.69) is 22.0 Å². The molecule has 2 aliphatic rings. The lowest BCUT2D eigenvalue weighted by atomic mass is 9.74. The molecule has 0 bridgehead atoms. The zero-order valence-electron chi connectivity index (χ0n) is 15.2. The molecule has 2 aliphatic heterocycles. The van der Waals surface area contributed by atoms with Gasteiger partial charge in [0.05, 0.1) is 6.61 Å². The predicted octanol–water partition coefficient (Wildman–Crippen LogP) is 3.87. The zero-order valence-corrected chi connectivity index (χ0v) is 16.7. The van der Waals surface area contributed by atoms with Crippen molar-refractivity contribution in [3.63, 3.8) is 0 Å². The molecular formula is C22H23BrN2O2. The van der Waals surface area contributed by atoms with Crippen molar-refractivity contribution >= 4 is 27.9 Å². The molecule has 27 heavy (non-hydrogen) atoms. The molecule has 0 atom stereocenters. The lowest BCUT2D eigenvalue weighted by Gasteiger charge is -2.38. The van der Waals surface area contributed by atoms with Crippen molar-refractivity contribution < 1.29 is 9.53 Å². The van der Waals surface area contributed by atoms with Crippen LogP contribution in [0, 0.1) is 0 Å². The van der Waals surface area contributed by atoms with Gasteiger partial charge >= 0.3 is 0 Å². The maximum Gasteiger partial charge on any atom is 0.246 e. The lowest BCUT2D eigenvalue weighted by Crippen LogP contribution is -2.45. The van der Waals surface area contributed by atoms with E-state index in [4.69, 9.17) is 10.5 Å². The Morgan fingerprint density at radius 3 is 2.74 bits per heavy atom. The summed E-state index contributed by atoms with van der Waals surface area (Å²) in [5, 5.41) is 0. The van der Waals surface area contributed by atoms with Crippen molar-refractivity contribution in [2.45, 2.75) is 24.8 Å². The first-order valence-corrected chi connectivity index (χ1v) is 10.1. The number of rotatable bonds is 3. The van der Waals surface area contributed by atoms with Crippen LogP contribution in [-0.4, -0.2) is 30.5 Å². The fraction of sp³-hybridized carbons (Fsp3) is 0.318. The standard InChI is InChI=1S/C22H23BrN2O2/c23-19-4-2-1-3-17(19)6-8-21(26)25-11-9-22(10-12-25)15-27-20-7-5-16(14-24)13-18(20)22/h1-8,13H,9-12,14-15,24H2/b8-6+. The van der Waals surface area contributed by atoms with Crippen molar-refractivity contribution in [1.29, 1.82) is 0 Å². The van der Waals surface area contributed by atoms with Gasteiger partial charge in [0.15, 0.2) is 0 Å². The fourth-order valence-electron chi connectivity index (χ4n) is 3.98. The molecule has 1 saturated heterocycles. The smallest absolute Gasteiger partial charge is 0.246 e. The number of halogens is 1. The Balaban J connectivity index is 1.44. The van der Waals surface area contributed by atoms with Gasteiger partial charge in [0.2, 0.25) is 5.91 Å². The van der Waals surface area contributed by atoms with Crippen LogP contribution in [0.3, 0.4) is 0 Å². The molecule has 0 aromatic heterocycles. The number of nitrogens with two attached hydrogens (primary N) is 1.